The Hall–Kier alpha value is -2.20. The highest BCUT2D eigenvalue weighted by Crippen LogP contribution is 2.31. The molecule has 0 N–H and O–H groups in total. The Morgan fingerprint density at radius 2 is 2.13 bits per heavy atom. The van der Waals surface area contributed by atoms with Crippen molar-refractivity contribution in [3.63, 3.8) is 0 Å². The van der Waals surface area contributed by atoms with Crippen molar-refractivity contribution in [2.24, 2.45) is 4.99 Å². The van der Waals surface area contributed by atoms with Crippen LogP contribution in [-0.2, 0) is 0 Å². The van der Waals surface area contributed by atoms with E-state index >= 15 is 0 Å². The Morgan fingerprint density at radius 3 is 3.04 bits per heavy atom. The van der Waals surface area contributed by atoms with Gasteiger partial charge in [0.1, 0.15) is 5.84 Å². The van der Waals surface area contributed by atoms with E-state index in [0.29, 0.717) is 6.04 Å². The smallest absolute Gasteiger partial charge is 0.132 e. The zero-order valence-electron chi connectivity index (χ0n) is 12.8. The lowest BCUT2D eigenvalue weighted by Gasteiger charge is -2.21. The van der Waals surface area contributed by atoms with Crippen molar-refractivity contribution in [2.75, 3.05) is 13.1 Å². The summed E-state index contributed by atoms with van der Waals surface area (Å²) < 4.78 is 0. The van der Waals surface area contributed by atoms with Crippen LogP contribution in [0.2, 0.25) is 0 Å². The van der Waals surface area contributed by atoms with E-state index < -0.39 is 0 Å². The van der Waals surface area contributed by atoms with E-state index in [2.05, 4.69) is 52.1 Å². The van der Waals surface area contributed by atoms with E-state index in [1.807, 2.05) is 0 Å². The standard InChI is InChI=1S/C19H17N3S/c1-2-6-17-15(5-1)16(10-18(21-17)13-7-9-23-12-13)19-20-11-14-4-3-8-22(14)19/h1-2,5-7,9-10,12,14H,3-4,8,11H2/t14-/m0/s1. The third kappa shape index (κ3) is 2.09. The number of aliphatic imine (C=N–C) groups is 1. The Bertz CT molecular complexity index is 898. The first kappa shape index (κ1) is 13.3. The number of hydrogen-bond donors (Lipinski definition) is 0. The maximum absolute atomic E-state index is 4.88. The predicted octanol–water partition coefficient (Wildman–Crippen LogP) is 4.19. The number of pyridine rings is 1. The van der Waals surface area contributed by atoms with Crippen molar-refractivity contribution < 1.29 is 0 Å². The zero-order valence-corrected chi connectivity index (χ0v) is 13.6. The van der Waals surface area contributed by atoms with Crippen molar-refractivity contribution >= 4 is 28.1 Å². The van der Waals surface area contributed by atoms with Crippen LogP contribution in [0.1, 0.15) is 18.4 Å². The third-order valence-electron chi connectivity index (χ3n) is 4.88. The van der Waals surface area contributed by atoms with Gasteiger partial charge in [-0.15, -0.1) is 0 Å². The third-order valence-corrected chi connectivity index (χ3v) is 5.56. The molecular weight excluding hydrogens is 302 g/mol. The fourth-order valence-corrected chi connectivity index (χ4v) is 4.40. The Kier molecular flexibility index (Phi) is 2.98. The van der Waals surface area contributed by atoms with E-state index in [-0.39, 0.29) is 0 Å². The monoisotopic (exact) mass is 319 g/mol. The molecule has 0 aliphatic carbocycles. The molecule has 0 unspecified atom stereocenters. The fourth-order valence-electron chi connectivity index (χ4n) is 3.75. The number of nitrogens with zero attached hydrogens (tertiary/aromatic N) is 3. The quantitative estimate of drug-likeness (QED) is 0.708. The zero-order chi connectivity index (χ0) is 15.2. The Labute approximate surface area is 139 Å². The van der Waals surface area contributed by atoms with Crippen LogP contribution in [0.5, 0.6) is 0 Å². The molecule has 2 aliphatic rings. The number of aromatic nitrogens is 1. The molecule has 1 fully saturated rings. The van der Waals surface area contributed by atoms with E-state index in [1.54, 1.807) is 11.3 Å². The molecule has 3 nitrogen and oxygen atoms in total. The largest absolute Gasteiger partial charge is 0.352 e. The highest BCUT2D eigenvalue weighted by molar-refractivity contribution is 7.08. The number of para-hydroxylation sites is 1. The average Bonchev–Trinajstić information content (AvgIpc) is 3.31. The molecule has 0 saturated carbocycles. The van der Waals surface area contributed by atoms with Gasteiger partial charge in [-0.05, 0) is 36.4 Å². The van der Waals surface area contributed by atoms with Crippen LogP contribution in [0.3, 0.4) is 0 Å². The van der Waals surface area contributed by atoms with Crippen molar-refractivity contribution in [3.8, 4) is 11.3 Å². The predicted molar refractivity (Wildman–Crippen MR) is 96.2 cm³/mol. The molecule has 2 aromatic heterocycles. The number of hydrogen-bond acceptors (Lipinski definition) is 4. The summed E-state index contributed by atoms with van der Waals surface area (Å²) in [5.41, 5.74) is 4.53. The first-order valence-corrected chi connectivity index (χ1v) is 9.08. The maximum atomic E-state index is 4.88. The second-order valence-electron chi connectivity index (χ2n) is 6.24. The lowest BCUT2D eigenvalue weighted by molar-refractivity contribution is 0.431. The van der Waals surface area contributed by atoms with Crippen LogP contribution in [0, 0.1) is 0 Å². The molecule has 0 amide bonds. The highest BCUT2D eigenvalue weighted by atomic mass is 32.1. The van der Waals surface area contributed by atoms with Crippen LogP contribution in [-0.4, -0.2) is 34.9 Å². The van der Waals surface area contributed by atoms with Gasteiger partial charge in [0.2, 0.25) is 0 Å². The molecule has 1 atom stereocenters. The molecule has 0 spiro atoms. The van der Waals surface area contributed by atoms with Gasteiger partial charge in [-0.2, -0.15) is 11.3 Å². The summed E-state index contributed by atoms with van der Waals surface area (Å²) in [6, 6.07) is 13.4. The molecule has 4 heteroatoms. The summed E-state index contributed by atoms with van der Waals surface area (Å²) in [6.07, 6.45) is 2.55. The van der Waals surface area contributed by atoms with Gasteiger partial charge in [-0.1, -0.05) is 18.2 Å². The minimum absolute atomic E-state index is 0.613. The number of amidine groups is 1. The SMILES string of the molecule is c1ccc2c(C3=NC[C@@H]4CCCN34)cc(-c3ccsc3)nc2c1. The van der Waals surface area contributed by atoms with E-state index in [9.17, 15) is 0 Å². The number of thiophene rings is 1. The first-order valence-electron chi connectivity index (χ1n) is 8.14. The summed E-state index contributed by atoms with van der Waals surface area (Å²) in [5, 5.41) is 5.48. The average molecular weight is 319 g/mol. The molecule has 4 heterocycles. The minimum atomic E-state index is 0.613. The normalized spacial score (nSPS) is 20.1. The summed E-state index contributed by atoms with van der Waals surface area (Å²) in [7, 11) is 0. The topological polar surface area (TPSA) is 28.5 Å². The number of benzene rings is 1. The molecule has 1 saturated heterocycles. The maximum Gasteiger partial charge on any atom is 0.132 e. The van der Waals surface area contributed by atoms with Gasteiger partial charge >= 0.3 is 0 Å². The summed E-state index contributed by atoms with van der Waals surface area (Å²) >= 11 is 1.71. The highest BCUT2D eigenvalue weighted by Gasteiger charge is 2.33. The number of rotatable bonds is 2. The van der Waals surface area contributed by atoms with Crippen LogP contribution in [0.25, 0.3) is 22.2 Å². The Morgan fingerprint density at radius 1 is 1.17 bits per heavy atom. The summed E-state index contributed by atoms with van der Waals surface area (Å²) in [4.78, 5) is 12.2. The van der Waals surface area contributed by atoms with Crippen molar-refractivity contribution in [3.05, 3.63) is 52.7 Å². The van der Waals surface area contributed by atoms with E-state index in [1.165, 1.54) is 35.2 Å². The van der Waals surface area contributed by atoms with Crippen LogP contribution in [0.15, 0.2) is 52.2 Å². The van der Waals surface area contributed by atoms with E-state index in [0.717, 1.165) is 24.3 Å². The molecule has 23 heavy (non-hydrogen) atoms. The first-order chi connectivity index (χ1) is 11.4. The molecule has 3 aromatic rings. The van der Waals surface area contributed by atoms with Gasteiger partial charge in [0.25, 0.3) is 0 Å². The molecule has 0 bridgehead atoms. The second-order valence-corrected chi connectivity index (χ2v) is 7.02. The fraction of sp³-hybridized carbons (Fsp3) is 0.263. The lowest BCUT2D eigenvalue weighted by Crippen LogP contribution is -2.31. The molecule has 1 aromatic carbocycles. The van der Waals surface area contributed by atoms with Gasteiger partial charge in [-0.3, -0.25) is 4.99 Å². The molecule has 0 radical (unpaired) electrons. The number of fused-ring (bicyclic) bond motifs is 2. The van der Waals surface area contributed by atoms with Crippen LogP contribution >= 0.6 is 11.3 Å². The van der Waals surface area contributed by atoms with Gasteiger partial charge in [-0.25, -0.2) is 4.98 Å². The second kappa shape index (κ2) is 5.17. The minimum Gasteiger partial charge on any atom is -0.352 e. The van der Waals surface area contributed by atoms with Gasteiger partial charge in [0.05, 0.1) is 23.8 Å². The van der Waals surface area contributed by atoms with Gasteiger partial charge < -0.3 is 4.90 Å². The van der Waals surface area contributed by atoms with Crippen LogP contribution in [0.4, 0.5) is 0 Å². The lowest BCUT2D eigenvalue weighted by atomic mass is 10.0. The summed E-state index contributed by atoms with van der Waals surface area (Å²) in [5.74, 6) is 1.17. The van der Waals surface area contributed by atoms with Crippen molar-refractivity contribution in [1.82, 2.24) is 9.88 Å². The van der Waals surface area contributed by atoms with Gasteiger partial charge in [0, 0.05) is 28.4 Å². The molecule has 114 valence electrons. The Balaban J connectivity index is 1.73. The molecule has 5 rings (SSSR count). The molecular formula is C19H17N3S. The van der Waals surface area contributed by atoms with E-state index in [4.69, 9.17) is 9.98 Å². The molecule has 2 aliphatic heterocycles. The van der Waals surface area contributed by atoms with Crippen molar-refractivity contribution in [2.45, 2.75) is 18.9 Å². The van der Waals surface area contributed by atoms with Crippen LogP contribution < -0.4 is 0 Å². The van der Waals surface area contributed by atoms with Gasteiger partial charge in [0.15, 0.2) is 0 Å². The van der Waals surface area contributed by atoms with Crippen molar-refractivity contribution in [1.29, 1.82) is 0 Å². The summed E-state index contributed by atoms with van der Waals surface area (Å²) in [6.45, 7) is 2.08.